The van der Waals surface area contributed by atoms with Crippen molar-refractivity contribution in [3.05, 3.63) is 69.5 Å². The number of aromatic nitrogens is 3. The molecule has 2 amide bonds. The number of carbonyl (C=O) groups is 2. The molecule has 0 fully saturated rings. The average Bonchev–Trinajstić information content (AvgIpc) is 3.38. The molecule has 0 aliphatic heterocycles. The molecule has 0 saturated heterocycles. The highest BCUT2D eigenvalue weighted by Crippen LogP contribution is 2.38. The van der Waals surface area contributed by atoms with Crippen LogP contribution in [0.5, 0.6) is 5.75 Å². The third kappa shape index (κ3) is 4.60. The summed E-state index contributed by atoms with van der Waals surface area (Å²) in [6.45, 7) is 5.62. The van der Waals surface area contributed by atoms with Crippen LogP contribution in [0.1, 0.15) is 49.0 Å². The van der Waals surface area contributed by atoms with E-state index in [9.17, 15) is 18.4 Å². The number of thiophene rings is 1. The molecule has 3 heterocycles. The summed E-state index contributed by atoms with van der Waals surface area (Å²) in [5, 5.41) is 7.25. The summed E-state index contributed by atoms with van der Waals surface area (Å²) < 4.78 is 33.5. The van der Waals surface area contributed by atoms with Crippen LogP contribution < -0.4 is 15.8 Å². The van der Waals surface area contributed by atoms with Gasteiger partial charge >= 0.3 is 0 Å². The molecule has 1 aromatic carbocycles. The maximum Gasteiger partial charge on any atom is 0.280 e. The summed E-state index contributed by atoms with van der Waals surface area (Å²) in [7, 11) is 0. The van der Waals surface area contributed by atoms with E-state index in [-0.39, 0.29) is 27.8 Å². The second-order valence-electron chi connectivity index (χ2n) is 7.75. The molecule has 3 N–H and O–H groups in total. The molecule has 0 radical (unpaired) electrons. The van der Waals surface area contributed by atoms with Crippen molar-refractivity contribution in [1.29, 1.82) is 0 Å². The zero-order valence-electron chi connectivity index (χ0n) is 18.6. The molecule has 34 heavy (non-hydrogen) atoms. The van der Waals surface area contributed by atoms with Crippen LogP contribution in [0.4, 0.5) is 14.5 Å². The lowest BCUT2D eigenvalue weighted by atomic mass is 10.1. The first-order valence-corrected chi connectivity index (χ1v) is 11.0. The van der Waals surface area contributed by atoms with E-state index in [0.717, 1.165) is 22.5 Å². The number of alkyl halides is 2. The topological polar surface area (TPSA) is 112 Å². The number of ether oxygens (including phenoxy) is 1. The summed E-state index contributed by atoms with van der Waals surface area (Å²) in [5.74, 6) is -0.692. The molecule has 0 bridgehead atoms. The Balaban J connectivity index is 1.57. The SMILES string of the molecule is Cc1ccc(OCn2ccc(C(=O)Nc3c(C(N)=O)sc4nc(C(F)F)cc(C)c34)n2)c(C)c1. The van der Waals surface area contributed by atoms with Gasteiger partial charge in [-0.15, -0.1) is 11.3 Å². The monoisotopic (exact) mass is 485 g/mol. The first kappa shape index (κ1) is 23.3. The van der Waals surface area contributed by atoms with E-state index in [0.29, 0.717) is 16.7 Å². The van der Waals surface area contributed by atoms with Gasteiger partial charge < -0.3 is 15.8 Å². The van der Waals surface area contributed by atoms with Crippen molar-refractivity contribution in [3.8, 4) is 5.75 Å². The summed E-state index contributed by atoms with van der Waals surface area (Å²) >= 11 is 0.849. The lowest BCUT2D eigenvalue weighted by Gasteiger charge is -2.09. The molecule has 0 spiro atoms. The Kier molecular flexibility index (Phi) is 6.29. The lowest BCUT2D eigenvalue weighted by molar-refractivity contribution is 0.100. The fraction of sp³-hybridized carbons (Fsp3) is 0.217. The van der Waals surface area contributed by atoms with Crippen LogP contribution in [-0.4, -0.2) is 26.6 Å². The largest absolute Gasteiger partial charge is 0.471 e. The minimum absolute atomic E-state index is 0.0166. The highest BCUT2D eigenvalue weighted by Gasteiger charge is 2.24. The van der Waals surface area contributed by atoms with Crippen molar-refractivity contribution in [1.82, 2.24) is 14.8 Å². The van der Waals surface area contributed by atoms with Crippen molar-refractivity contribution in [2.75, 3.05) is 5.32 Å². The molecule has 11 heteroatoms. The van der Waals surface area contributed by atoms with Crippen LogP contribution in [-0.2, 0) is 6.73 Å². The number of anilines is 1. The zero-order valence-corrected chi connectivity index (χ0v) is 19.4. The van der Waals surface area contributed by atoms with E-state index < -0.39 is 23.9 Å². The van der Waals surface area contributed by atoms with Crippen LogP contribution in [0.15, 0.2) is 36.5 Å². The van der Waals surface area contributed by atoms with Crippen LogP contribution in [0.3, 0.4) is 0 Å². The summed E-state index contributed by atoms with van der Waals surface area (Å²) in [4.78, 5) is 29.0. The molecule has 0 unspecified atom stereocenters. The summed E-state index contributed by atoms with van der Waals surface area (Å²) in [6, 6.07) is 8.52. The van der Waals surface area contributed by atoms with E-state index in [1.807, 2.05) is 32.0 Å². The minimum atomic E-state index is -2.77. The molecule has 0 aliphatic rings. The number of hydrogen-bond donors (Lipinski definition) is 2. The van der Waals surface area contributed by atoms with Gasteiger partial charge in [0.2, 0.25) is 0 Å². The molecule has 0 saturated carbocycles. The number of amides is 2. The number of benzene rings is 1. The minimum Gasteiger partial charge on any atom is -0.471 e. The Morgan fingerprint density at radius 1 is 1.18 bits per heavy atom. The predicted molar refractivity (Wildman–Crippen MR) is 125 cm³/mol. The van der Waals surface area contributed by atoms with E-state index in [2.05, 4.69) is 15.4 Å². The second kappa shape index (κ2) is 9.18. The fourth-order valence-electron chi connectivity index (χ4n) is 3.54. The molecule has 4 aromatic rings. The van der Waals surface area contributed by atoms with Gasteiger partial charge in [-0.3, -0.25) is 9.59 Å². The second-order valence-corrected chi connectivity index (χ2v) is 8.75. The van der Waals surface area contributed by atoms with Gasteiger partial charge in [-0.1, -0.05) is 17.7 Å². The Morgan fingerprint density at radius 2 is 1.94 bits per heavy atom. The number of halogens is 2. The van der Waals surface area contributed by atoms with Crippen LogP contribution in [0.2, 0.25) is 0 Å². The van der Waals surface area contributed by atoms with Gasteiger partial charge in [0, 0.05) is 11.6 Å². The first-order chi connectivity index (χ1) is 16.1. The standard InChI is InChI=1S/C23H21F2N5O3S/c1-11-4-5-16(12(2)8-11)33-10-30-7-6-14(29-30)22(32)28-18-17-13(3)9-15(20(24)25)27-23(17)34-19(18)21(26)31/h4-9,20H,10H2,1-3H3,(H2,26,31)(H,28,32). The fourth-order valence-corrected chi connectivity index (χ4v) is 4.61. The summed E-state index contributed by atoms with van der Waals surface area (Å²) in [6.07, 6.45) is -1.18. The van der Waals surface area contributed by atoms with Crippen LogP contribution >= 0.6 is 11.3 Å². The number of primary amides is 1. The Hall–Kier alpha value is -3.86. The first-order valence-electron chi connectivity index (χ1n) is 10.2. The molecular formula is C23H21F2N5O3S. The van der Waals surface area contributed by atoms with Crippen LogP contribution in [0.25, 0.3) is 10.2 Å². The third-order valence-corrected chi connectivity index (χ3v) is 6.22. The Morgan fingerprint density at radius 3 is 2.62 bits per heavy atom. The van der Waals surface area contributed by atoms with Gasteiger partial charge in [0.15, 0.2) is 12.4 Å². The van der Waals surface area contributed by atoms with Crippen molar-refractivity contribution < 1.29 is 23.1 Å². The quantitative estimate of drug-likeness (QED) is 0.393. The highest BCUT2D eigenvalue weighted by molar-refractivity contribution is 7.21. The average molecular weight is 486 g/mol. The van der Waals surface area contributed by atoms with Gasteiger partial charge in [0.25, 0.3) is 18.2 Å². The smallest absolute Gasteiger partial charge is 0.280 e. The van der Waals surface area contributed by atoms with Crippen LogP contribution in [0, 0.1) is 20.8 Å². The van der Waals surface area contributed by atoms with Crippen molar-refractivity contribution in [2.24, 2.45) is 5.73 Å². The van der Waals surface area contributed by atoms with E-state index in [1.54, 1.807) is 13.1 Å². The predicted octanol–water partition coefficient (Wildman–Crippen LogP) is 4.74. The molecule has 0 aliphatic carbocycles. The van der Waals surface area contributed by atoms with Crippen molar-refractivity contribution >= 4 is 39.1 Å². The van der Waals surface area contributed by atoms with E-state index in [4.69, 9.17) is 10.5 Å². The third-order valence-electron chi connectivity index (χ3n) is 5.12. The van der Waals surface area contributed by atoms with E-state index in [1.165, 1.54) is 16.8 Å². The maximum atomic E-state index is 13.1. The molecule has 3 aromatic heterocycles. The number of aryl methyl sites for hydroxylation is 3. The number of fused-ring (bicyclic) bond motifs is 1. The Labute approximate surface area is 197 Å². The Bertz CT molecular complexity index is 1410. The molecule has 8 nitrogen and oxygen atoms in total. The van der Waals surface area contributed by atoms with Gasteiger partial charge in [-0.25, -0.2) is 18.4 Å². The van der Waals surface area contributed by atoms with Crippen molar-refractivity contribution in [2.45, 2.75) is 33.9 Å². The number of pyridine rings is 1. The van der Waals surface area contributed by atoms with Gasteiger partial charge in [0.05, 0.1) is 5.69 Å². The number of rotatable bonds is 7. The lowest BCUT2D eigenvalue weighted by Crippen LogP contribution is -2.18. The summed E-state index contributed by atoms with van der Waals surface area (Å²) in [5.41, 5.74) is 7.80. The number of nitrogens with zero attached hydrogens (tertiary/aromatic N) is 3. The van der Waals surface area contributed by atoms with E-state index >= 15 is 0 Å². The zero-order chi connectivity index (χ0) is 24.6. The molecule has 4 rings (SSSR count). The van der Waals surface area contributed by atoms with Crippen molar-refractivity contribution in [3.63, 3.8) is 0 Å². The number of hydrogen-bond acceptors (Lipinski definition) is 6. The highest BCUT2D eigenvalue weighted by atomic mass is 32.1. The normalized spacial score (nSPS) is 11.2. The molecular weight excluding hydrogens is 464 g/mol. The number of carbonyl (C=O) groups excluding carboxylic acids is 2. The van der Waals surface area contributed by atoms with Gasteiger partial charge in [0.1, 0.15) is 21.2 Å². The number of nitrogens with one attached hydrogen (secondary N) is 1. The number of nitrogens with two attached hydrogens (primary N) is 1. The maximum absolute atomic E-state index is 13.1. The molecule has 0 atom stereocenters. The van der Waals surface area contributed by atoms with Gasteiger partial charge in [-0.2, -0.15) is 5.10 Å². The van der Waals surface area contributed by atoms with Gasteiger partial charge in [-0.05, 0) is 50.1 Å². The molecule has 176 valence electrons.